The maximum Gasteiger partial charge on any atom is 0.252 e. The van der Waals surface area contributed by atoms with Crippen molar-refractivity contribution in [3.8, 4) is 11.5 Å². The van der Waals surface area contributed by atoms with Gasteiger partial charge in [0.05, 0.1) is 0 Å². The molecule has 0 aliphatic rings. The van der Waals surface area contributed by atoms with Crippen molar-refractivity contribution in [2.45, 2.75) is 6.42 Å². The minimum atomic E-state index is -0.170. The van der Waals surface area contributed by atoms with E-state index in [9.17, 15) is 9.59 Å². The summed E-state index contributed by atoms with van der Waals surface area (Å²) < 4.78 is 5.67. The summed E-state index contributed by atoms with van der Waals surface area (Å²) >= 11 is 1.46. The van der Waals surface area contributed by atoms with Crippen molar-refractivity contribution in [1.29, 1.82) is 0 Å². The van der Waals surface area contributed by atoms with Gasteiger partial charge in [0.2, 0.25) is 5.91 Å². The van der Waals surface area contributed by atoms with Crippen molar-refractivity contribution in [3.63, 3.8) is 0 Å². The largest absolute Gasteiger partial charge is 0.457 e. The molecule has 0 unspecified atom stereocenters. The second-order valence-corrected chi connectivity index (χ2v) is 6.16. The predicted molar refractivity (Wildman–Crippen MR) is 101 cm³/mol. The van der Waals surface area contributed by atoms with Gasteiger partial charge in [-0.1, -0.05) is 0 Å². The van der Waals surface area contributed by atoms with Gasteiger partial charge in [-0.25, -0.2) is 0 Å². The third-order valence-electron chi connectivity index (χ3n) is 3.44. The van der Waals surface area contributed by atoms with Crippen LogP contribution in [0.3, 0.4) is 0 Å². The Hall–Kier alpha value is -3.19. The predicted octanol–water partition coefficient (Wildman–Crippen LogP) is 3.69. The zero-order valence-electron chi connectivity index (χ0n) is 13.8. The number of nitrogens with zero attached hydrogens (tertiary/aromatic N) is 1. The third-order valence-corrected chi connectivity index (χ3v) is 4.13. The molecule has 0 fully saturated rings. The van der Waals surface area contributed by atoms with E-state index in [-0.39, 0.29) is 24.8 Å². The monoisotopic (exact) mass is 367 g/mol. The molecule has 3 rings (SSSR count). The third kappa shape index (κ3) is 5.15. The van der Waals surface area contributed by atoms with Crippen LogP contribution in [0.1, 0.15) is 16.8 Å². The zero-order valence-corrected chi connectivity index (χ0v) is 14.7. The lowest BCUT2D eigenvalue weighted by atomic mass is 10.2. The van der Waals surface area contributed by atoms with Crippen LogP contribution in [-0.2, 0) is 4.79 Å². The Balaban J connectivity index is 1.43. The number of pyridine rings is 1. The number of hydrogen-bond donors (Lipinski definition) is 2. The molecule has 0 aliphatic carbocycles. The van der Waals surface area contributed by atoms with Crippen LogP contribution in [0.5, 0.6) is 11.5 Å². The van der Waals surface area contributed by atoms with Crippen molar-refractivity contribution < 1.29 is 14.3 Å². The lowest BCUT2D eigenvalue weighted by molar-refractivity contribution is -0.116. The SMILES string of the molecule is O=C(CCNC(=O)c1ccsc1)Nc1ccc(Oc2ccncc2)cc1. The molecule has 132 valence electrons. The lowest BCUT2D eigenvalue weighted by Crippen LogP contribution is -2.27. The summed E-state index contributed by atoms with van der Waals surface area (Å²) in [5.41, 5.74) is 1.28. The Bertz CT molecular complexity index is 850. The highest BCUT2D eigenvalue weighted by atomic mass is 32.1. The summed E-state index contributed by atoms with van der Waals surface area (Å²) in [5.74, 6) is 1.02. The van der Waals surface area contributed by atoms with Gasteiger partial charge in [0, 0.05) is 42.0 Å². The van der Waals surface area contributed by atoms with Gasteiger partial charge in [0.1, 0.15) is 11.5 Å². The van der Waals surface area contributed by atoms with Gasteiger partial charge in [-0.15, -0.1) is 0 Å². The molecule has 0 atom stereocenters. The van der Waals surface area contributed by atoms with Crippen molar-refractivity contribution in [2.24, 2.45) is 0 Å². The van der Waals surface area contributed by atoms with Crippen molar-refractivity contribution in [2.75, 3.05) is 11.9 Å². The smallest absolute Gasteiger partial charge is 0.252 e. The van der Waals surface area contributed by atoms with Crippen LogP contribution in [0.25, 0.3) is 0 Å². The number of thiophene rings is 1. The molecule has 3 aromatic rings. The summed E-state index contributed by atoms with van der Waals surface area (Å²) in [4.78, 5) is 27.7. The number of amides is 2. The molecule has 2 N–H and O–H groups in total. The number of benzene rings is 1. The first-order chi connectivity index (χ1) is 12.7. The molecule has 2 aromatic heterocycles. The highest BCUT2D eigenvalue weighted by Crippen LogP contribution is 2.22. The quantitative estimate of drug-likeness (QED) is 0.667. The summed E-state index contributed by atoms with van der Waals surface area (Å²) in [7, 11) is 0. The van der Waals surface area contributed by atoms with Crippen molar-refractivity contribution in [1.82, 2.24) is 10.3 Å². The number of hydrogen-bond acceptors (Lipinski definition) is 5. The number of carbonyl (C=O) groups excluding carboxylic acids is 2. The Morgan fingerprint density at radius 3 is 2.42 bits per heavy atom. The fourth-order valence-corrected chi connectivity index (χ4v) is 2.79. The molecule has 1 aromatic carbocycles. The maximum absolute atomic E-state index is 12.0. The van der Waals surface area contributed by atoms with Gasteiger partial charge in [0.25, 0.3) is 5.91 Å². The molecule has 6 nitrogen and oxygen atoms in total. The first kappa shape index (κ1) is 17.6. The molecule has 2 amide bonds. The number of rotatable bonds is 7. The number of ether oxygens (including phenoxy) is 1. The van der Waals surface area contributed by atoms with E-state index in [4.69, 9.17) is 4.74 Å². The minimum absolute atomic E-state index is 0.168. The first-order valence-corrected chi connectivity index (χ1v) is 8.93. The van der Waals surface area contributed by atoms with Gasteiger partial charge < -0.3 is 15.4 Å². The Morgan fingerprint density at radius 2 is 1.73 bits per heavy atom. The van der Waals surface area contributed by atoms with Crippen LogP contribution in [0.4, 0.5) is 5.69 Å². The second kappa shape index (κ2) is 8.77. The highest BCUT2D eigenvalue weighted by molar-refractivity contribution is 7.08. The summed E-state index contributed by atoms with van der Waals surface area (Å²) in [6, 6.07) is 12.3. The molecule has 0 spiro atoms. The number of nitrogens with one attached hydrogen (secondary N) is 2. The lowest BCUT2D eigenvalue weighted by Gasteiger charge is -2.08. The summed E-state index contributed by atoms with van der Waals surface area (Å²) in [6.45, 7) is 0.281. The molecule has 0 aliphatic heterocycles. The van der Waals surface area contributed by atoms with E-state index in [2.05, 4.69) is 15.6 Å². The Kier molecular flexibility index (Phi) is 5.95. The number of carbonyl (C=O) groups is 2. The van der Waals surface area contributed by atoms with Crippen LogP contribution < -0.4 is 15.4 Å². The van der Waals surface area contributed by atoms with Crippen LogP contribution in [-0.4, -0.2) is 23.3 Å². The zero-order chi connectivity index (χ0) is 18.2. The standard InChI is InChI=1S/C19H17N3O3S/c23-18(7-11-21-19(24)14-8-12-26-13-14)22-15-1-3-16(4-2-15)25-17-5-9-20-10-6-17/h1-6,8-10,12-13H,7,11H2,(H,21,24)(H,22,23). The molecule has 2 heterocycles. The van der Waals surface area contributed by atoms with Crippen LogP contribution in [0.2, 0.25) is 0 Å². The Morgan fingerprint density at radius 1 is 1.00 bits per heavy atom. The fourth-order valence-electron chi connectivity index (χ4n) is 2.16. The van der Waals surface area contributed by atoms with Crippen molar-refractivity contribution in [3.05, 3.63) is 71.2 Å². The van der Waals surface area contributed by atoms with E-state index >= 15 is 0 Å². The number of aromatic nitrogens is 1. The second-order valence-electron chi connectivity index (χ2n) is 5.38. The average Bonchev–Trinajstić information content (AvgIpc) is 3.19. The molecule has 0 saturated heterocycles. The molecule has 0 saturated carbocycles. The fraction of sp³-hybridized carbons (Fsp3) is 0.105. The van der Waals surface area contributed by atoms with Crippen LogP contribution >= 0.6 is 11.3 Å². The molecule has 7 heteroatoms. The van der Waals surface area contributed by atoms with Gasteiger partial charge in [-0.05, 0) is 47.8 Å². The van der Waals surface area contributed by atoms with E-state index in [0.717, 1.165) is 0 Å². The summed E-state index contributed by atoms with van der Waals surface area (Å²) in [6.07, 6.45) is 3.51. The van der Waals surface area contributed by atoms with Crippen LogP contribution in [0.15, 0.2) is 65.6 Å². The molecular formula is C19H17N3O3S. The average molecular weight is 367 g/mol. The molecule has 26 heavy (non-hydrogen) atoms. The van der Waals surface area contributed by atoms with E-state index in [1.807, 2.05) is 5.38 Å². The first-order valence-electron chi connectivity index (χ1n) is 7.99. The van der Waals surface area contributed by atoms with E-state index in [1.165, 1.54) is 11.3 Å². The molecule has 0 bridgehead atoms. The van der Waals surface area contributed by atoms with Gasteiger partial charge >= 0.3 is 0 Å². The summed E-state index contributed by atoms with van der Waals surface area (Å²) in [5, 5.41) is 9.11. The van der Waals surface area contributed by atoms with Crippen LogP contribution in [0, 0.1) is 0 Å². The van der Waals surface area contributed by atoms with Gasteiger partial charge in [-0.2, -0.15) is 11.3 Å². The molecule has 0 radical (unpaired) electrons. The number of anilines is 1. The molecular weight excluding hydrogens is 350 g/mol. The topological polar surface area (TPSA) is 80.3 Å². The normalized spacial score (nSPS) is 10.2. The van der Waals surface area contributed by atoms with Crippen molar-refractivity contribution >= 4 is 28.8 Å². The highest BCUT2D eigenvalue weighted by Gasteiger charge is 2.07. The van der Waals surface area contributed by atoms with E-state index in [1.54, 1.807) is 60.2 Å². The van der Waals surface area contributed by atoms with E-state index < -0.39 is 0 Å². The maximum atomic E-state index is 12.0. The van der Waals surface area contributed by atoms with E-state index in [0.29, 0.717) is 22.7 Å². The Labute approximate surface area is 154 Å². The minimum Gasteiger partial charge on any atom is -0.457 e. The van der Waals surface area contributed by atoms with Gasteiger partial charge in [0.15, 0.2) is 0 Å². The van der Waals surface area contributed by atoms with Gasteiger partial charge in [-0.3, -0.25) is 14.6 Å².